The number of hydrogen-bond acceptors (Lipinski definition) is 6. The molecule has 0 N–H and O–H groups in total. The van der Waals surface area contributed by atoms with Gasteiger partial charge in [0.1, 0.15) is 0 Å². The van der Waals surface area contributed by atoms with E-state index >= 15 is 0 Å². The number of halogens is 1. The third-order valence-electron chi connectivity index (χ3n) is 8.85. The Balaban J connectivity index is 0.00000506. The third-order valence-corrected chi connectivity index (χ3v) is 11.3. The first-order valence-corrected chi connectivity index (χ1v) is 18.9. The molecule has 0 bridgehead atoms. The molecule has 43 heavy (non-hydrogen) atoms. The van der Waals surface area contributed by atoms with Gasteiger partial charge in [0.05, 0.1) is 11.2 Å². The smallest absolute Gasteiger partial charge is 0.230 e. The van der Waals surface area contributed by atoms with Gasteiger partial charge in [0, 0.05) is 37.5 Å². The number of sulfonamides is 1. The van der Waals surface area contributed by atoms with Gasteiger partial charge in [-0.1, -0.05) is 38.1 Å². The average molecular weight is 654 g/mol. The van der Waals surface area contributed by atoms with Crippen molar-refractivity contribution in [3.8, 4) is 0 Å². The molecule has 2 aromatic rings. The van der Waals surface area contributed by atoms with Crippen molar-refractivity contribution in [3.63, 3.8) is 0 Å². The lowest BCUT2D eigenvalue weighted by Crippen LogP contribution is -2.45. The Morgan fingerprint density at radius 3 is 1.95 bits per heavy atom. The summed E-state index contributed by atoms with van der Waals surface area (Å²) < 4.78 is 48.9. The molecule has 1 amide bonds. The van der Waals surface area contributed by atoms with Crippen LogP contribution in [0, 0.1) is 11.8 Å². The number of rotatable bonds is 11. The summed E-state index contributed by atoms with van der Waals surface area (Å²) in [6.07, 6.45) is 7.62. The van der Waals surface area contributed by atoms with Crippen LogP contribution in [0.1, 0.15) is 63.0 Å². The van der Waals surface area contributed by atoms with Gasteiger partial charge in [-0.25, -0.2) is 21.1 Å². The lowest BCUT2D eigenvalue weighted by Gasteiger charge is -2.35. The van der Waals surface area contributed by atoms with E-state index in [4.69, 9.17) is 0 Å². The molecule has 0 aromatic heterocycles. The zero-order valence-electron chi connectivity index (χ0n) is 25.9. The largest absolute Gasteiger partial charge is 0.312 e. The predicted octanol–water partition coefficient (Wildman–Crippen LogP) is 4.98. The predicted molar refractivity (Wildman–Crippen MR) is 176 cm³/mol. The number of amides is 1. The van der Waals surface area contributed by atoms with Crippen molar-refractivity contribution < 1.29 is 21.6 Å². The van der Waals surface area contributed by atoms with Gasteiger partial charge in [-0.2, -0.15) is 0 Å². The van der Waals surface area contributed by atoms with Crippen molar-refractivity contribution in [3.05, 3.63) is 59.7 Å². The third kappa shape index (κ3) is 10.0. The van der Waals surface area contributed by atoms with Crippen LogP contribution < -0.4 is 4.90 Å². The van der Waals surface area contributed by atoms with Gasteiger partial charge in [-0.3, -0.25) is 4.79 Å². The van der Waals surface area contributed by atoms with Gasteiger partial charge in [0.2, 0.25) is 15.9 Å². The van der Waals surface area contributed by atoms with Crippen LogP contribution in [-0.2, 0) is 31.1 Å². The van der Waals surface area contributed by atoms with Crippen LogP contribution in [0.3, 0.4) is 0 Å². The first-order chi connectivity index (χ1) is 19.8. The number of hydrogen-bond donors (Lipinski definition) is 0. The van der Waals surface area contributed by atoms with Crippen LogP contribution in [-0.4, -0.2) is 83.7 Å². The highest BCUT2D eigenvalue weighted by atomic mass is 35.5. The fourth-order valence-corrected chi connectivity index (χ4v) is 7.64. The SMILES string of the molecule is CC(C)c1ccc(N(CCCN2CCC(Cc3ccc(S(C)(=O)=O)cc3)CC2)C(=O)C2CCN(S(C)(=O)=O)CC2)cc1.Cl. The first-order valence-electron chi connectivity index (χ1n) is 15.2. The molecule has 2 aliphatic rings. The molecule has 0 spiro atoms. The molecule has 0 unspecified atom stereocenters. The van der Waals surface area contributed by atoms with Crippen molar-refractivity contribution in [2.75, 3.05) is 56.7 Å². The number of likely N-dealkylation sites (tertiary alicyclic amines) is 1. The van der Waals surface area contributed by atoms with E-state index in [-0.39, 0.29) is 24.2 Å². The van der Waals surface area contributed by atoms with Gasteiger partial charge in [-0.05, 0) is 105 Å². The Labute approximate surface area is 265 Å². The molecular formula is C32H48ClN3O5S2. The molecule has 0 aliphatic carbocycles. The second kappa shape index (κ2) is 15.3. The van der Waals surface area contributed by atoms with Crippen LogP contribution in [0.2, 0.25) is 0 Å². The molecule has 2 aromatic carbocycles. The van der Waals surface area contributed by atoms with E-state index in [1.807, 2.05) is 29.2 Å². The zero-order valence-corrected chi connectivity index (χ0v) is 28.4. The van der Waals surface area contributed by atoms with Crippen molar-refractivity contribution in [2.45, 2.75) is 63.2 Å². The quantitative estimate of drug-likeness (QED) is 0.339. The number of sulfone groups is 1. The molecule has 2 saturated heterocycles. The Morgan fingerprint density at radius 1 is 0.860 bits per heavy atom. The van der Waals surface area contributed by atoms with E-state index in [1.54, 1.807) is 12.1 Å². The van der Waals surface area contributed by atoms with Crippen LogP contribution in [0.4, 0.5) is 5.69 Å². The molecular weight excluding hydrogens is 606 g/mol. The van der Waals surface area contributed by atoms with E-state index in [2.05, 4.69) is 30.9 Å². The van der Waals surface area contributed by atoms with E-state index in [9.17, 15) is 21.6 Å². The van der Waals surface area contributed by atoms with Gasteiger partial charge >= 0.3 is 0 Å². The van der Waals surface area contributed by atoms with Crippen LogP contribution >= 0.6 is 12.4 Å². The minimum absolute atomic E-state index is 0. The molecule has 4 rings (SSSR count). The molecule has 2 heterocycles. The van der Waals surface area contributed by atoms with Crippen molar-refractivity contribution in [2.24, 2.45) is 11.8 Å². The normalized spacial score (nSPS) is 18.0. The fourth-order valence-electron chi connectivity index (χ4n) is 6.13. The number of anilines is 1. The van der Waals surface area contributed by atoms with Crippen molar-refractivity contribution in [1.82, 2.24) is 9.21 Å². The van der Waals surface area contributed by atoms with Gasteiger partial charge in [0.25, 0.3) is 0 Å². The summed E-state index contributed by atoms with van der Waals surface area (Å²) in [5.41, 5.74) is 3.33. The highest BCUT2D eigenvalue weighted by Crippen LogP contribution is 2.27. The van der Waals surface area contributed by atoms with E-state index in [1.165, 1.54) is 27.9 Å². The number of benzene rings is 2. The molecule has 2 aliphatic heterocycles. The van der Waals surface area contributed by atoms with E-state index < -0.39 is 19.9 Å². The summed E-state index contributed by atoms with van der Waals surface area (Å²) in [7, 11) is -6.41. The number of nitrogens with zero attached hydrogens (tertiary/aromatic N) is 3. The van der Waals surface area contributed by atoms with Crippen LogP contribution in [0.5, 0.6) is 0 Å². The van der Waals surface area contributed by atoms with Crippen LogP contribution in [0.25, 0.3) is 0 Å². The maximum atomic E-state index is 13.8. The lowest BCUT2D eigenvalue weighted by atomic mass is 9.90. The molecule has 0 saturated carbocycles. The van der Waals surface area contributed by atoms with E-state index in [0.29, 0.717) is 49.2 Å². The second-order valence-corrected chi connectivity index (χ2v) is 16.4. The van der Waals surface area contributed by atoms with Gasteiger partial charge < -0.3 is 9.80 Å². The maximum absolute atomic E-state index is 13.8. The molecule has 240 valence electrons. The summed E-state index contributed by atoms with van der Waals surface area (Å²) in [6.45, 7) is 8.71. The van der Waals surface area contributed by atoms with Crippen molar-refractivity contribution in [1.29, 1.82) is 0 Å². The monoisotopic (exact) mass is 653 g/mol. The van der Waals surface area contributed by atoms with Gasteiger partial charge in [-0.15, -0.1) is 12.4 Å². The standard InChI is InChI=1S/C32H47N3O5S2.ClH/c1-25(2)28-8-10-30(11-9-28)35(32(36)29-16-22-34(23-17-29)42(4,39)40)19-5-18-33-20-14-27(15-21-33)24-26-6-12-31(13-7-26)41(3,37)38;/h6-13,25,27,29H,5,14-24H2,1-4H3;1H. The Bertz CT molecular complexity index is 1400. The molecule has 0 radical (unpaired) electrons. The Hall–Kier alpha value is -1.98. The summed E-state index contributed by atoms with van der Waals surface area (Å²) in [5.74, 6) is 0.926. The number of carbonyl (C=O) groups excluding carboxylic acids is 1. The summed E-state index contributed by atoms with van der Waals surface area (Å²) in [4.78, 5) is 18.5. The lowest BCUT2D eigenvalue weighted by molar-refractivity contribution is -0.123. The molecule has 0 atom stereocenters. The Kier molecular flexibility index (Phi) is 12.7. The number of carbonyl (C=O) groups is 1. The highest BCUT2D eigenvalue weighted by molar-refractivity contribution is 7.90. The van der Waals surface area contributed by atoms with E-state index in [0.717, 1.165) is 51.0 Å². The highest BCUT2D eigenvalue weighted by Gasteiger charge is 2.32. The topological polar surface area (TPSA) is 95.1 Å². The summed E-state index contributed by atoms with van der Waals surface area (Å²) >= 11 is 0. The second-order valence-electron chi connectivity index (χ2n) is 12.4. The summed E-state index contributed by atoms with van der Waals surface area (Å²) in [5, 5.41) is 0. The van der Waals surface area contributed by atoms with Crippen molar-refractivity contribution >= 4 is 43.9 Å². The zero-order chi connectivity index (χ0) is 30.5. The molecule has 2 fully saturated rings. The Morgan fingerprint density at radius 2 is 1.44 bits per heavy atom. The summed E-state index contributed by atoms with van der Waals surface area (Å²) in [6, 6.07) is 15.6. The van der Waals surface area contributed by atoms with Gasteiger partial charge in [0.15, 0.2) is 9.84 Å². The number of piperidine rings is 2. The minimum Gasteiger partial charge on any atom is -0.312 e. The minimum atomic E-state index is -3.24. The molecule has 11 heteroatoms. The fraction of sp³-hybridized carbons (Fsp3) is 0.594. The average Bonchev–Trinajstić information content (AvgIpc) is 2.95. The molecule has 8 nitrogen and oxygen atoms in total. The first kappa shape index (κ1) is 35.5. The maximum Gasteiger partial charge on any atom is 0.230 e. The van der Waals surface area contributed by atoms with Crippen LogP contribution in [0.15, 0.2) is 53.4 Å².